The lowest BCUT2D eigenvalue weighted by atomic mass is 10.1. The topological polar surface area (TPSA) is 180 Å². The van der Waals surface area contributed by atoms with E-state index < -0.39 is 10.8 Å². The van der Waals surface area contributed by atoms with Gasteiger partial charge in [0.05, 0.1) is 4.92 Å². The van der Waals surface area contributed by atoms with E-state index in [-0.39, 0.29) is 28.7 Å². The fraction of sp³-hybridized carbons (Fsp3) is 0.0500. The van der Waals surface area contributed by atoms with Gasteiger partial charge in [-0.3, -0.25) is 20.3 Å². The van der Waals surface area contributed by atoms with Crippen LogP contribution in [0.25, 0.3) is 17.1 Å². The number of hydrogen-bond acceptors (Lipinski definition) is 10. The minimum atomic E-state index is -0.603. The van der Waals surface area contributed by atoms with Crippen molar-refractivity contribution in [2.45, 2.75) is 6.42 Å². The molecule has 0 bridgehead atoms. The first-order chi connectivity index (χ1) is 16.0. The number of aromatic nitrogens is 5. The summed E-state index contributed by atoms with van der Waals surface area (Å²) in [6, 6.07) is 15.3. The number of non-ortho nitro benzene ring substituents is 1. The highest BCUT2D eigenvalue weighted by Gasteiger charge is 2.25. The molecule has 0 aliphatic heterocycles. The zero-order chi connectivity index (χ0) is 23.2. The second-order valence-electron chi connectivity index (χ2n) is 6.67. The summed E-state index contributed by atoms with van der Waals surface area (Å²) in [6.07, 6.45) is 4.10. The van der Waals surface area contributed by atoms with Crippen molar-refractivity contribution in [1.82, 2.24) is 36.2 Å². The van der Waals surface area contributed by atoms with E-state index in [1.165, 1.54) is 28.9 Å². The molecule has 166 valence electrons. The van der Waals surface area contributed by atoms with E-state index in [9.17, 15) is 14.9 Å². The number of nitrogen functional groups attached to an aromatic ring is 1. The summed E-state index contributed by atoms with van der Waals surface area (Å²) in [7, 11) is 0. The number of carbonyl (C=O) groups excluding carboxylic acids is 1. The molecule has 4 rings (SSSR count). The summed E-state index contributed by atoms with van der Waals surface area (Å²) >= 11 is 0. The van der Waals surface area contributed by atoms with Gasteiger partial charge in [0.15, 0.2) is 5.69 Å². The molecular formula is C20H17N9O4. The average Bonchev–Trinajstić information content (AvgIpc) is 3.45. The highest BCUT2D eigenvalue weighted by atomic mass is 16.6. The predicted octanol–water partition coefficient (Wildman–Crippen LogP) is 1.80. The molecule has 0 spiro atoms. The minimum absolute atomic E-state index is 0.0191. The van der Waals surface area contributed by atoms with Crippen molar-refractivity contribution in [3.05, 3.63) is 88.2 Å². The number of amides is 1. The number of allylic oxidation sites excluding steroid dienone is 1. The monoisotopic (exact) mass is 447 g/mol. The van der Waals surface area contributed by atoms with Crippen molar-refractivity contribution < 1.29 is 14.3 Å². The van der Waals surface area contributed by atoms with E-state index in [0.717, 1.165) is 5.56 Å². The molecule has 0 aliphatic rings. The molecule has 33 heavy (non-hydrogen) atoms. The van der Waals surface area contributed by atoms with E-state index in [0.29, 0.717) is 12.0 Å². The average molecular weight is 447 g/mol. The van der Waals surface area contributed by atoms with E-state index in [2.05, 4.69) is 36.1 Å². The first-order valence-corrected chi connectivity index (χ1v) is 9.58. The smallest absolute Gasteiger partial charge is 0.292 e. The Morgan fingerprint density at radius 3 is 2.58 bits per heavy atom. The van der Waals surface area contributed by atoms with Crippen LogP contribution in [0.1, 0.15) is 16.1 Å². The lowest BCUT2D eigenvalue weighted by molar-refractivity contribution is -0.384. The number of benzene rings is 2. The molecule has 4 aromatic rings. The van der Waals surface area contributed by atoms with E-state index in [1.807, 2.05) is 36.4 Å². The molecule has 0 saturated carbocycles. The highest BCUT2D eigenvalue weighted by molar-refractivity contribution is 5.98. The van der Waals surface area contributed by atoms with Gasteiger partial charge in [-0.05, 0) is 34.4 Å². The number of nitrogens with one attached hydrogen (secondary N) is 2. The molecule has 13 heteroatoms. The lowest BCUT2D eigenvalue weighted by Crippen LogP contribution is -2.34. The van der Waals surface area contributed by atoms with Crippen molar-refractivity contribution in [3.8, 4) is 17.1 Å². The molecule has 0 radical (unpaired) electrons. The summed E-state index contributed by atoms with van der Waals surface area (Å²) in [4.78, 5) is 23.2. The van der Waals surface area contributed by atoms with Crippen LogP contribution in [0, 0.1) is 10.1 Å². The van der Waals surface area contributed by atoms with Crippen molar-refractivity contribution >= 4 is 17.4 Å². The van der Waals surface area contributed by atoms with Gasteiger partial charge < -0.3 is 11.2 Å². The third kappa shape index (κ3) is 4.66. The Labute approximate surface area is 186 Å². The molecule has 0 fully saturated rings. The number of nitro groups is 1. The third-order valence-corrected chi connectivity index (χ3v) is 4.52. The highest BCUT2D eigenvalue weighted by Crippen LogP contribution is 2.27. The maximum atomic E-state index is 12.8. The Hall–Kier alpha value is -5.07. The third-order valence-electron chi connectivity index (χ3n) is 4.52. The second kappa shape index (κ2) is 9.38. The zero-order valence-corrected chi connectivity index (χ0v) is 17.0. The largest absolute Gasteiger partial charge is 0.378 e. The van der Waals surface area contributed by atoms with Crippen LogP contribution in [-0.2, 0) is 6.42 Å². The summed E-state index contributed by atoms with van der Waals surface area (Å²) in [5.41, 5.74) is 12.5. The maximum absolute atomic E-state index is 12.8. The van der Waals surface area contributed by atoms with Crippen molar-refractivity contribution in [1.29, 1.82) is 0 Å². The van der Waals surface area contributed by atoms with Gasteiger partial charge in [0.1, 0.15) is 5.69 Å². The van der Waals surface area contributed by atoms with Gasteiger partial charge in [0, 0.05) is 23.9 Å². The van der Waals surface area contributed by atoms with Gasteiger partial charge in [0.2, 0.25) is 11.6 Å². The Morgan fingerprint density at radius 2 is 1.91 bits per heavy atom. The van der Waals surface area contributed by atoms with E-state index >= 15 is 0 Å². The molecule has 0 unspecified atom stereocenters. The van der Waals surface area contributed by atoms with Gasteiger partial charge in [-0.2, -0.15) is 4.68 Å². The van der Waals surface area contributed by atoms with Crippen LogP contribution in [0.5, 0.6) is 0 Å². The summed E-state index contributed by atoms with van der Waals surface area (Å²) < 4.78 is 5.79. The van der Waals surface area contributed by atoms with Crippen LogP contribution in [0.15, 0.2) is 71.5 Å². The summed E-state index contributed by atoms with van der Waals surface area (Å²) in [6.45, 7) is 0. The fourth-order valence-electron chi connectivity index (χ4n) is 2.96. The van der Waals surface area contributed by atoms with Crippen LogP contribution in [0.3, 0.4) is 0 Å². The standard InChI is InChI=1S/C20H17N9O4/c21-18-19(26-33-25-18)28-17(14-8-10-15(11-9-14)29(31)32)16(23-27-28)20(30)24-22-12-4-7-13-5-2-1-3-6-13/h1-6,8-12,22H,7H2,(H2,21,25)(H,24,30). The Kier molecular flexibility index (Phi) is 6.02. The fourth-order valence-corrected chi connectivity index (χ4v) is 2.96. The van der Waals surface area contributed by atoms with Crippen LogP contribution in [0.2, 0.25) is 0 Å². The van der Waals surface area contributed by atoms with Crippen LogP contribution in [-0.4, -0.2) is 36.1 Å². The molecule has 13 nitrogen and oxygen atoms in total. The molecule has 2 heterocycles. The molecule has 4 N–H and O–H groups in total. The number of rotatable bonds is 8. The number of carbonyl (C=O) groups is 1. The van der Waals surface area contributed by atoms with Crippen LogP contribution >= 0.6 is 0 Å². The molecule has 1 amide bonds. The Bertz CT molecular complexity index is 1300. The van der Waals surface area contributed by atoms with E-state index in [4.69, 9.17) is 5.73 Å². The Balaban J connectivity index is 1.57. The molecule has 2 aromatic heterocycles. The quantitative estimate of drug-likeness (QED) is 0.266. The number of hydrogen-bond donors (Lipinski definition) is 3. The van der Waals surface area contributed by atoms with Crippen LogP contribution in [0.4, 0.5) is 11.5 Å². The molecule has 0 saturated heterocycles. The Morgan fingerprint density at radius 1 is 1.15 bits per heavy atom. The van der Waals surface area contributed by atoms with Crippen LogP contribution < -0.4 is 16.6 Å². The van der Waals surface area contributed by atoms with Crippen molar-refractivity contribution in [2.75, 3.05) is 5.73 Å². The molecule has 2 aromatic carbocycles. The first kappa shape index (κ1) is 21.2. The minimum Gasteiger partial charge on any atom is -0.378 e. The first-order valence-electron chi connectivity index (χ1n) is 9.58. The van der Waals surface area contributed by atoms with Crippen molar-refractivity contribution in [3.63, 3.8) is 0 Å². The summed E-state index contributed by atoms with van der Waals surface area (Å²) in [5, 5.41) is 26.1. The maximum Gasteiger partial charge on any atom is 0.292 e. The number of anilines is 1. The molecule has 0 atom stereocenters. The number of nitrogens with two attached hydrogens (primary N) is 1. The zero-order valence-electron chi connectivity index (χ0n) is 17.0. The normalized spacial score (nSPS) is 10.9. The number of hydrazine groups is 1. The predicted molar refractivity (Wildman–Crippen MR) is 116 cm³/mol. The number of nitrogens with zero attached hydrogens (tertiary/aromatic N) is 6. The van der Waals surface area contributed by atoms with Crippen molar-refractivity contribution in [2.24, 2.45) is 0 Å². The van der Waals surface area contributed by atoms with E-state index in [1.54, 1.807) is 6.20 Å². The van der Waals surface area contributed by atoms with Gasteiger partial charge in [0.25, 0.3) is 11.6 Å². The SMILES string of the molecule is Nc1nonc1-n1nnc(C(=O)NNC=CCc2ccccc2)c1-c1ccc([N+](=O)[O-])cc1. The molecule has 0 aliphatic carbocycles. The summed E-state index contributed by atoms with van der Waals surface area (Å²) in [5.74, 6) is -0.656. The molecular weight excluding hydrogens is 430 g/mol. The van der Waals surface area contributed by atoms with Gasteiger partial charge in [-0.15, -0.1) is 5.10 Å². The lowest BCUT2D eigenvalue weighted by Gasteiger charge is -2.07. The second-order valence-corrected chi connectivity index (χ2v) is 6.67. The van der Waals surface area contributed by atoms with Gasteiger partial charge in [-0.1, -0.05) is 41.6 Å². The van der Waals surface area contributed by atoms with Gasteiger partial charge in [-0.25, -0.2) is 4.63 Å². The van der Waals surface area contributed by atoms with Gasteiger partial charge >= 0.3 is 0 Å². The number of nitro benzene ring substituents is 1.